The van der Waals surface area contributed by atoms with Crippen LogP contribution in [0.5, 0.6) is 0 Å². The van der Waals surface area contributed by atoms with E-state index in [1.54, 1.807) is 25.2 Å². The van der Waals surface area contributed by atoms with E-state index in [0.717, 1.165) is 0 Å². The molecule has 8 heteroatoms. The van der Waals surface area contributed by atoms with Gasteiger partial charge in [-0.25, -0.2) is 9.42 Å². The molecule has 1 amide bonds. The van der Waals surface area contributed by atoms with Crippen molar-refractivity contribution >= 4 is 17.7 Å². The van der Waals surface area contributed by atoms with Gasteiger partial charge in [-0.1, -0.05) is 18.2 Å². The van der Waals surface area contributed by atoms with Crippen molar-refractivity contribution in [2.45, 2.75) is 6.42 Å². The van der Waals surface area contributed by atoms with Gasteiger partial charge in [-0.3, -0.25) is 4.79 Å². The number of hydrogen-bond donors (Lipinski definition) is 2. The molecule has 8 nitrogen and oxygen atoms in total. The van der Waals surface area contributed by atoms with Crippen LogP contribution in [0.4, 0.5) is 5.82 Å². The molecule has 0 aliphatic rings. The monoisotopic (exact) mass is 290 g/mol. The van der Waals surface area contributed by atoms with Crippen LogP contribution in [0.15, 0.2) is 28.9 Å². The van der Waals surface area contributed by atoms with Crippen LogP contribution in [0.3, 0.4) is 0 Å². The summed E-state index contributed by atoms with van der Waals surface area (Å²) in [6.07, 6.45) is 0.399. The van der Waals surface area contributed by atoms with Crippen LogP contribution in [0, 0.1) is 0 Å². The zero-order valence-corrected chi connectivity index (χ0v) is 11.3. The number of nitrogen functional groups attached to an aromatic ring is 1. The molecule has 0 unspecified atom stereocenters. The van der Waals surface area contributed by atoms with Gasteiger partial charge < -0.3 is 15.7 Å². The lowest BCUT2D eigenvalue weighted by molar-refractivity contribution is 0.0695. The van der Waals surface area contributed by atoms with Gasteiger partial charge in [0.15, 0.2) is 0 Å². The molecule has 21 heavy (non-hydrogen) atoms. The van der Waals surface area contributed by atoms with Crippen LogP contribution in [-0.4, -0.2) is 45.8 Å². The second-order valence-corrected chi connectivity index (χ2v) is 4.44. The van der Waals surface area contributed by atoms with E-state index in [1.165, 1.54) is 11.0 Å². The lowest BCUT2D eigenvalue weighted by Crippen LogP contribution is -2.30. The molecule has 1 aromatic carbocycles. The van der Waals surface area contributed by atoms with Crippen molar-refractivity contribution in [1.29, 1.82) is 0 Å². The number of carbonyl (C=O) groups excluding carboxylic acids is 1. The highest BCUT2D eigenvalue weighted by atomic mass is 16.6. The van der Waals surface area contributed by atoms with E-state index in [2.05, 4.69) is 14.9 Å². The number of carbonyl (C=O) groups is 2. The molecule has 2 rings (SSSR count). The minimum Gasteiger partial charge on any atom is -0.478 e. The molecule has 2 aromatic rings. The van der Waals surface area contributed by atoms with Gasteiger partial charge in [0.2, 0.25) is 11.5 Å². The third-order valence-electron chi connectivity index (χ3n) is 3.03. The van der Waals surface area contributed by atoms with Crippen LogP contribution in [0.2, 0.25) is 0 Å². The number of amides is 1. The zero-order valence-electron chi connectivity index (χ0n) is 11.3. The lowest BCUT2D eigenvalue weighted by Gasteiger charge is -2.16. The Balaban J connectivity index is 2.05. The number of rotatable bonds is 5. The minimum absolute atomic E-state index is 0.0518. The van der Waals surface area contributed by atoms with Gasteiger partial charge in [0.25, 0.3) is 5.91 Å². The van der Waals surface area contributed by atoms with Gasteiger partial charge in [-0.15, -0.1) is 0 Å². The molecular weight excluding hydrogens is 276 g/mol. The summed E-state index contributed by atoms with van der Waals surface area (Å²) in [5.74, 6) is -1.50. The first-order chi connectivity index (χ1) is 10.0. The summed E-state index contributed by atoms with van der Waals surface area (Å²) in [6.45, 7) is 0.315. The minimum atomic E-state index is -0.996. The summed E-state index contributed by atoms with van der Waals surface area (Å²) >= 11 is 0. The molecule has 0 atom stereocenters. The van der Waals surface area contributed by atoms with Gasteiger partial charge in [0.05, 0.1) is 5.56 Å². The maximum absolute atomic E-state index is 12.0. The van der Waals surface area contributed by atoms with Gasteiger partial charge in [0.1, 0.15) is 0 Å². The summed E-state index contributed by atoms with van der Waals surface area (Å²) in [7, 11) is 1.57. The zero-order chi connectivity index (χ0) is 15.4. The van der Waals surface area contributed by atoms with E-state index in [-0.39, 0.29) is 17.1 Å². The number of benzene rings is 1. The third-order valence-corrected chi connectivity index (χ3v) is 3.03. The molecule has 0 radical (unpaired) electrons. The predicted octanol–water partition coefficient (Wildman–Crippen LogP) is 0.665. The molecule has 1 heterocycles. The number of hydrogen-bond acceptors (Lipinski definition) is 6. The SMILES string of the molecule is CN(CCc1ccccc1C(=O)O)C(=O)c1nonc1N. The van der Waals surface area contributed by atoms with E-state index >= 15 is 0 Å². The number of anilines is 1. The number of nitrogens with zero attached hydrogens (tertiary/aromatic N) is 3. The van der Waals surface area contributed by atoms with Crippen LogP contribution in [-0.2, 0) is 6.42 Å². The summed E-state index contributed by atoms with van der Waals surface area (Å²) in [4.78, 5) is 24.5. The second-order valence-electron chi connectivity index (χ2n) is 4.44. The van der Waals surface area contributed by atoms with Crippen molar-refractivity contribution in [3.8, 4) is 0 Å². The summed E-state index contributed by atoms with van der Waals surface area (Å²) < 4.78 is 4.38. The normalized spacial score (nSPS) is 10.3. The third kappa shape index (κ3) is 3.16. The average molecular weight is 290 g/mol. The Kier molecular flexibility index (Phi) is 4.17. The molecular formula is C13H14N4O4. The van der Waals surface area contributed by atoms with E-state index in [9.17, 15) is 9.59 Å². The Bertz CT molecular complexity index is 668. The van der Waals surface area contributed by atoms with Gasteiger partial charge >= 0.3 is 5.97 Å². The number of aromatic nitrogens is 2. The molecule has 1 aromatic heterocycles. The fourth-order valence-electron chi connectivity index (χ4n) is 1.86. The molecule has 110 valence electrons. The molecule has 0 saturated heterocycles. The lowest BCUT2D eigenvalue weighted by atomic mass is 10.0. The number of carboxylic acid groups (broad SMARTS) is 1. The maximum atomic E-state index is 12.0. The van der Waals surface area contributed by atoms with E-state index in [0.29, 0.717) is 18.5 Å². The highest BCUT2D eigenvalue weighted by Gasteiger charge is 2.20. The standard InChI is InChI=1S/C13H14N4O4/c1-17(12(18)10-11(14)16-21-15-10)7-6-8-4-2-3-5-9(8)13(19)20/h2-5H,6-7H2,1H3,(H2,14,16)(H,19,20). The smallest absolute Gasteiger partial charge is 0.335 e. The quantitative estimate of drug-likeness (QED) is 0.829. The van der Waals surface area contributed by atoms with Crippen molar-refractivity contribution in [2.24, 2.45) is 0 Å². The molecule has 0 spiro atoms. The number of nitrogens with two attached hydrogens (primary N) is 1. The first kappa shape index (κ1) is 14.5. The fourth-order valence-corrected chi connectivity index (χ4v) is 1.86. The Labute approximate surface area is 120 Å². The highest BCUT2D eigenvalue weighted by Crippen LogP contribution is 2.12. The summed E-state index contributed by atoms with van der Waals surface area (Å²) in [5.41, 5.74) is 6.28. The molecule has 0 aliphatic carbocycles. The number of likely N-dealkylation sites (N-methyl/N-ethyl adjacent to an activating group) is 1. The predicted molar refractivity (Wildman–Crippen MR) is 72.8 cm³/mol. The Hall–Kier alpha value is -2.90. The first-order valence-corrected chi connectivity index (χ1v) is 6.15. The van der Waals surface area contributed by atoms with E-state index in [1.807, 2.05) is 0 Å². The first-order valence-electron chi connectivity index (χ1n) is 6.15. The van der Waals surface area contributed by atoms with Crippen molar-refractivity contribution in [3.05, 3.63) is 41.1 Å². The molecule has 0 aliphatic heterocycles. The van der Waals surface area contributed by atoms with Gasteiger partial charge in [-0.05, 0) is 28.4 Å². The Morgan fingerprint density at radius 2 is 2.05 bits per heavy atom. The summed E-state index contributed by atoms with van der Waals surface area (Å²) in [6, 6.07) is 6.65. The van der Waals surface area contributed by atoms with E-state index in [4.69, 9.17) is 10.8 Å². The van der Waals surface area contributed by atoms with Crippen LogP contribution < -0.4 is 5.73 Å². The van der Waals surface area contributed by atoms with Crippen LogP contribution >= 0.6 is 0 Å². The number of aromatic carboxylic acids is 1. The fraction of sp³-hybridized carbons (Fsp3) is 0.231. The maximum Gasteiger partial charge on any atom is 0.335 e. The largest absolute Gasteiger partial charge is 0.478 e. The van der Waals surface area contributed by atoms with Crippen molar-refractivity contribution in [3.63, 3.8) is 0 Å². The molecule has 0 fully saturated rings. The Morgan fingerprint density at radius 3 is 2.67 bits per heavy atom. The van der Waals surface area contributed by atoms with Gasteiger partial charge in [0, 0.05) is 13.6 Å². The van der Waals surface area contributed by atoms with Crippen molar-refractivity contribution in [1.82, 2.24) is 15.2 Å². The van der Waals surface area contributed by atoms with Crippen molar-refractivity contribution < 1.29 is 19.3 Å². The average Bonchev–Trinajstić information content (AvgIpc) is 2.90. The van der Waals surface area contributed by atoms with Crippen LogP contribution in [0.1, 0.15) is 26.4 Å². The van der Waals surface area contributed by atoms with Gasteiger partial charge in [-0.2, -0.15) is 0 Å². The summed E-state index contributed by atoms with van der Waals surface area (Å²) in [5, 5.41) is 15.9. The second kappa shape index (κ2) is 6.04. The molecule has 3 N–H and O–H groups in total. The highest BCUT2D eigenvalue weighted by molar-refractivity contribution is 5.95. The van der Waals surface area contributed by atoms with Crippen LogP contribution in [0.25, 0.3) is 0 Å². The Morgan fingerprint density at radius 1 is 1.33 bits per heavy atom. The molecule has 0 bridgehead atoms. The molecule has 0 saturated carbocycles. The topological polar surface area (TPSA) is 123 Å². The number of carboxylic acids is 1. The van der Waals surface area contributed by atoms with Crippen molar-refractivity contribution in [2.75, 3.05) is 19.3 Å². The van der Waals surface area contributed by atoms with E-state index < -0.39 is 11.9 Å².